The Morgan fingerprint density at radius 3 is 2.58 bits per heavy atom. The molecule has 0 aliphatic rings. The first kappa shape index (κ1) is 22.6. The molecule has 1 amide bonds. The summed E-state index contributed by atoms with van der Waals surface area (Å²) in [7, 11) is 1.63. The lowest BCUT2D eigenvalue weighted by atomic mass is 9.96. The van der Waals surface area contributed by atoms with Gasteiger partial charge in [-0.25, -0.2) is 0 Å². The first-order valence-corrected chi connectivity index (χ1v) is 11.1. The second kappa shape index (κ2) is 10.8. The van der Waals surface area contributed by atoms with E-state index in [0.29, 0.717) is 17.5 Å². The summed E-state index contributed by atoms with van der Waals surface area (Å²) in [6.45, 7) is 6.61. The lowest BCUT2D eigenvalue weighted by Crippen LogP contribution is -2.33. The molecule has 0 fully saturated rings. The fraction of sp³-hybridized carbons (Fsp3) is 0.364. The van der Waals surface area contributed by atoms with E-state index >= 15 is 0 Å². The lowest BCUT2D eigenvalue weighted by Gasteiger charge is -2.23. The van der Waals surface area contributed by atoms with Crippen molar-refractivity contribution in [3.8, 4) is 17.2 Å². The van der Waals surface area contributed by atoms with Gasteiger partial charge in [-0.05, 0) is 53.1 Å². The van der Waals surface area contributed by atoms with Gasteiger partial charge < -0.3 is 14.8 Å². The summed E-state index contributed by atoms with van der Waals surface area (Å²) >= 11 is 1.28. The number of para-hydroxylation sites is 2. The van der Waals surface area contributed by atoms with E-state index in [0.717, 1.165) is 17.0 Å². The zero-order chi connectivity index (χ0) is 22.2. The van der Waals surface area contributed by atoms with E-state index in [4.69, 9.17) is 9.47 Å². The van der Waals surface area contributed by atoms with E-state index < -0.39 is 0 Å². The summed E-state index contributed by atoms with van der Waals surface area (Å²) in [5.41, 5.74) is 1.76. The molecule has 3 rings (SSSR count). The number of nitrogens with zero attached hydrogens (tertiary/aromatic N) is 4. The standard InChI is InChI=1S/C22H27N5O3S/c1-5-30-19-9-7-6-8-18(19)27-22(24-25-26-27)31-14-20(28)23-21(15(2)3)16-10-12-17(29-4)13-11-16/h6-13,15,21H,5,14H2,1-4H3,(H,23,28). The fourth-order valence-electron chi connectivity index (χ4n) is 3.12. The van der Waals surface area contributed by atoms with Gasteiger partial charge in [0, 0.05) is 0 Å². The van der Waals surface area contributed by atoms with Crippen LogP contribution in [0.25, 0.3) is 5.69 Å². The van der Waals surface area contributed by atoms with E-state index in [1.807, 2.05) is 55.5 Å². The molecule has 3 aromatic rings. The topological polar surface area (TPSA) is 91.2 Å². The van der Waals surface area contributed by atoms with Crippen molar-refractivity contribution in [3.63, 3.8) is 0 Å². The summed E-state index contributed by atoms with van der Waals surface area (Å²) in [5.74, 6) is 1.80. The van der Waals surface area contributed by atoms with Crippen LogP contribution in [0.15, 0.2) is 53.7 Å². The van der Waals surface area contributed by atoms with Crippen LogP contribution in [0.3, 0.4) is 0 Å². The van der Waals surface area contributed by atoms with Crippen molar-refractivity contribution >= 4 is 17.7 Å². The summed E-state index contributed by atoms with van der Waals surface area (Å²) in [4.78, 5) is 12.7. The largest absolute Gasteiger partial charge is 0.497 e. The number of carbonyl (C=O) groups excluding carboxylic acids is 1. The van der Waals surface area contributed by atoms with Crippen molar-refractivity contribution in [2.24, 2.45) is 5.92 Å². The highest BCUT2D eigenvalue weighted by molar-refractivity contribution is 7.99. The van der Waals surface area contributed by atoms with Gasteiger partial charge in [0.25, 0.3) is 0 Å². The number of benzene rings is 2. The number of amides is 1. The number of ether oxygens (including phenoxy) is 2. The molecule has 0 radical (unpaired) electrons. The Balaban J connectivity index is 1.68. The van der Waals surface area contributed by atoms with E-state index in [1.165, 1.54) is 11.8 Å². The molecule has 164 valence electrons. The predicted octanol–water partition coefficient (Wildman–Crippen LogP) is 3.68. The van der Waals surface area contributed by atoms with Crippen molar-refractivity contribution in [2.45, 2.75) is 32.0 Å². The highest BCUT2D eigenvalue weighted by atomic mass is 32.2. The first-order chi connectivity index (χ1) is 15.0. The zero-order valence-electron chi connectivity index (χ0n) is 18.1. The third-order valence-electron chi connectivity index (χ3n) is 4.62. The third-order valence-corrected chi connectivity index (χ3v) is 5.54. The van der Waals surface area contributed by atoms with Gasteiger partial charge in [-0.1, -0.05) is 49.9 Å². The number of nitrogens with one attached hydrogen (secondary N) is 1. The second-order valence-electron chi connectivity index (χ2n) is 7.13. The van der Waals surface area contributed by atoms with E-state index in [9.17, 15) is 4.79 Å². The quantitative estimate of drug-likeness (QED) is 0.480. The molecule has 9 heteroatoms. The minimum atomic E-state index is -0.103. The molecular formula is C22H27N5O3S. The van der Waals surface area contributed by atoms with Crippen LogP contribution in [0.1, 0.15) is 32.4 Å². The van der Waals surface area contributed by atoms with Gasteiger partial charge in [-0.2, -0.15) is 4.68 Å². The Hall–Kier alpha value is -3.07. The number of methoxy groups -OCH3 is 1. The smallest absolute Gasteiger partial charge is 0.230 e. The van der Waals surface area contributed by atoms with Crippen LogP contribution in [-0.2, 0) is 4.79 Å². The molecule has 8 nitrogen and oxygen atoms in total. The van der Waals surface area contributed by atoms with Crippen LogP contribution >= 0.6 is 11.8 Å². The number of aromatic nitrogens is 4. The summed E-state index contributed by atoms with van der Waals surface area (Å²) in [5, 5.41) is 15.6. The Labute approximate surface area is 186 Å². The van der Waals surface area contributed by atoms with Crippen LogP contribution in [0.4, 0.5) is 0 Å². The van der Waals surface area contributed by atoms with Gasteiger partial charge >= 0.3 is 0 Å². The van der Waals surface area contributed by atoms with Crippen LogP contribution in [0.2, 0.25) is 0 Å². The van der Waals surface area contributed by atoms with E-state index in [-0.39, 0.29) is 23.6 Å². The molecule has 1 N–H and O–H groups in total. The van der Waals surface area contributed by atoms with Crippen molar-refractivity contribution < 1.29 is 14.3 Å². The van der Waals surface area contributed by atoms with Gasteiger partial charge in [-0.3, -0.25) is 4.79 Å². The third kappa shape index (κ3) is 5.75. The van der Waals surface area contributed by atoms with Gasteiger partial charge in [0.15, 0.2) is 0 Å². The van der Waals surface area contributed by atoms with Gasteiger partial charge in [-0.15, -0.1) is 5.10 Å². The molecule has 0 bridgehead atoms. The Morgan fingerprint density at radius 2 is 1.90 bits per heavy atom. The minimum Gasteiger partial charge on any atom is -0.497 e. The Kier molecular flexibility index (Phi) is 7.88. The minimum absolute atomic E-state index is 0.0906. The van der Waals surface area contributed by atoms with Crippen LogP contribution in [-0.4, -0.2) is 45.6 Å². The number of rotatable bonds is 10. The van der Waals surface area contributed by atoms with Crippen molar-refractivity contribution in [1.82, 2.24) is 25.5 Å². The summed E-state index contributed by atoms with van der Waals surface area (Å²) in [6, 6.07) is 15.2. The van der Waals surface area contributed by atoms with E-state index in [2.05, 4.69) is 34.7 Å². The maximum atomic E-state index is 12.7. The molecule has 31 heavy (non-hydrogen) atoms. The summed E-state index contributed by atoms with van der Waals surface area (Å²) < 4.78 is 12.5. The van der Waals surface area contributed by atoms with Gasteiger partial charge in [0.2, 0.25) is 11.1 Å². The first-order valence-electron chi connectivity index (χ1n) is 10.1. The Bertz CT molecular complexity index is 991. The van der Waals surface area contributed by atoms with E-state index in [1.54, 1.807) is 11.8 Å². The molecule has 0 saturated heterocycles. The molecular weight excluding hydrogens is 414 g/mol. The highest BCUT2D eigenvalue weighted by Crippen LogP contribution is 2.27. The molecule has 0 aliphatic carbocycles. The van der Waals surface area contributed by atoms with Crippen LogP contribution < -0.4 is 14.8 Å². The average molecular weight is 442 g/mol. The van der Waals surface area contributed by atoms with Gasteiger partial charge in [0.05, 0.1) is 25.5 Å². The zero-order valence-corrected chi connectivity index (χ0v) is 18.9. The predicted molar refractivity (Wildman–Crippen MR) is 120 cm³/mol. The molecule has 0 spiro atoms. The van der Waals surface area contributed by atoms with Crippen LogP contribution in [0, 0.1) is 5.92 Å². The second-order valence-corrected chi connectivity index (χ2v) is 8.07. The molecule has 1 atom stereocenters. The van der Waals surface area contributed by atoms with Crippen molar-refractivity contribution in [2.75, 3.05) is 19.5 Å². The van der Waals surface area contributed by atoms with Crippen molar-refractivity contribution in [3.05, 3.63) is 54.1 Å². The molecule has 1 aromatic heterocycles. The molecule has 0 saturated carbocycles. The monoisotopic (exact) mass is 441 g/mol. The fourth-order valence-corrected chi connectivity index (χ4v) is 3.82. The lowest BCUT2D eigenvalue weighted by molar-refractivity contribution is -0.119. The maximum absolute atomic E-state index is 12.7. The van der Waals surface area contributed by atoms with Gasteiger partial charge in [0.1, 0.15) is 17.2 Å². The number of carbonyl (C=O) groups is 1. The summed E-state index contributed by atoms with van der Waals surface area (Å²) in [6.07, 6.45) is 0. The molecule has 0 aliphatic heterocycles. The SMILES string of the molecule is CCOc1ccccc1-n1nnnc1SCC(=O)NC(c1ccc(OC)cc1)C(C)C. The number of thioether (sulfide) groups is 1. The molecule has 1 unspecified atom stereocenters. The molecule has 1 heterocycles. The average Bonchev–Trinajstić information content (AvgIpc) is 3.25. The Morgan fingerprint density at radius 1 is 1.16 bits per heavy atom. The normalized spacial score (nSPS) is 11.9. The van der Waals surface area contributed by atoms with Crippen LogP contribution in [0.5, 0.6) is 11.5 Å². The number of hydrogen-bond acceptors (Lipinski definition) is 7. The maximum Gasteiger partial charge on any atom is 0.230 e. The van der Waals surface area contributed by atoms with Crippen molar-refractivity contribution in [1.29, 1.82) is 0 Å². The molecule has 2 aromatic carbocycles. The highest BCUT2D eigenvalue weighted by Gasteiger charge is 2.20. The number of tetrazole rings is 1. The number of hydrogen-bond donors (Lipinski definition) is 1.